The van der Waals surface area contributed by atoms with Crippen LogP contribution in [0, 0.1) is 11.8 Å². The van der Waals surface area contributed by atoms with E-state index in [0.717, 1.165) is 24.4 Å². The molecule has 6 nitrogen and oxygen atoms in total. The molecule has 0 spiro atoms. The predicted octanol–water partition coefficient (Wildman–Crippen LogP) is 2.93. The number of aliphatic hydroxyl groups is 1. The Hall–Kier alpha value is -1.83. The van der Waals surface area contributed by atoms with Crippen LogP contribution in [0.15, 0.2) is 47.8 Å². The van der Waals surface area contributed by atoms with Crippen molar-refractivity contribution < 1.29 is 9.90 Å². The van der Waals surface area contributed by atoms with Gasteiger partial charge in [0.15, 0.2) is 0 Å². The number of fused-ring (bicyclic) bond motifs is 1. The van der Waals surface area contributed by atoms with E-state index in [1.807, 2.05) is 29.2 Å². The summed E-state index contributed by atoms with van der Waals surface area (Å²) < 4.78 is 0. The van der Waals surface area contributed by atoms with Gasteiger partial charge in [0.25, 0.3) is 0 Å². The van der Waals surface area contributed by atoms with Crippen molar-refractivity contribution in [1.29, 1.82) is 0 Å². The minimum absolute atomic E-state index is 0.0588. The van der Waals surface area contributed by atoms with Crippen molar-refractivity contribution in [3.63, 3.8) is 0 Å². The van der Waals surface area contributed by atoms with Crippen molar-refractivity contribution >= 4 is 35.1 Å². The first kappa shape index (κ1) is 19.5. The first-order chi connectivity index (χ1) is 13.6. The predicted molar refractivity (Wildman–Crippen MR) is 110 cm³/mol. The summed E-state index contributed by atoms with van der Waals surface area (Å²) in [5.74, 6) is 2.02. The summed E-state index contributed by atoms with van der Waals surface area (Å²) in [4.78, 5) is 24.0. The first-order valence-electron chi connectivity index (χ1n) is 9.45. The zero-order valence-electron chi connectivity index (χ0n) is 15.4. The molecule has 1 amide bonds. The van der Waals surface area contributed by atoms with Crippen LogP contribution < -0.4 is 5.32 Å². The second-order valence-corrected chi connectivity index (χ2v) is 8.93. The van der Waals surface area contributed by atoms with Crippen LogP contribution in [-0.2, 0) is 4.79 Å². The second-order valence-electron chi connectivity index (χ2n) is 7.44. The van der Waals surface area contributed by atoms with Crippen molar-refractivity contribution in [1.82, 2.24) is 14.9 Å². The van der Waals surface area contributed by atoms with Crippen LogP contribution in [0.25, 0.3) is 0 Å². The fraction of sp³-hybridized carbons (Fsp3) is 0.450. The maximum atomic E-state index is 12.7. The van der Waals surface area contributed by atoms with Crippen LogP contribution in [0.5, 0.6) is 0 Å². The number of nitrogens with zero attached hydrogens (tertiary/aromatic N) is 3. The number of hydrogen-bond acceptors (Lipinski definition) is 6. The molecule has 1 aromatic carbocycles. The molecular weight excluding hydrogens is 396 g/mol. The molecule has 1 saturated carbocycles. The van der Waals surface area contributed by atoms with E-state index < -0.39 is 6.10 Å². The topological polar surface area (TPSA) is 78.4 Å². The molecule has 4 atom stereocenters. The molecule has 148 valence electrons. The Morgan fingerprint density at radius 3 is 2.68 bits per heavy atom. The molecule has 4 rings (SSSR count). The second kappa shape index (κ2) is 8.68. The number of nitrogens with one attached hydrogen (secondary N) is 1. The standard InChI is InChI=1S/C20H23ClN4O2S/c21-15-1-3-16(4-2-15)28-12-20(27)25-10-13-7-17(18(26)8-14(13)11-25)24-19-9-22-5-6-23-19/h1-6,9,13-14,17-18,26H,7-8,10-12H2,(H,23,24)/t13-,14+,17-,18-/m1/s1. The Balaban J connectivity index is 1.31. The van der Waals surface area contributed by atoms with E-state index >= 15 is 0 Å². The van der Waals surface area contributed by atoms with Gasteiger partial charge in [-0.15, -0.1) is 11.8 Å². The van der Waals surface area contributed by atoms with Crippen LogP contribution in [0.3, 0.4) is 0 Å². The molecular formula is C20H23ClN4O2S. The molecule has 2 aliphatic rings. The number of aliphatic hydroxyl groups excluding tert-OH is 1. The molecule has 1 aliphatic heterocycles. The van der Waals surface area contributed by atoms with Gasteiger partial charge in [0, 0.05) is 35.4 Å². The molecule has 2 N–H and O–H groups in total. The van der Waals surface area contributed by atoms with Crippen LogP contribution in [-0.4, -0.2) is 56.9 Å². The normalized spacial score (nSPS) is 26.7. The summed E-state index contributed by atoms with van der Waals surface area (Å²) in [6.45, 7) is 1.50. The van der Waals surface area contributed by atoms with Crippen molar-refractivity contribution in [2.24, 2.45) is 11.8 Å². The number of thioether (sulfide) groups is 1. The lowest BCUT2D eigenvalue weighted by molar-refractivity contribution is -0.127. The number of rotatable bonds is 5. The average molecular weight is 419 g/mol. The molecule has 1 aliphatic carbocycles. The van der Waals surface area contributed by atoms with Crippen LogP contribution in [0.2, 0.25) is 5.02 Å². The molecule has 1 aromatic heterocycles. The van der Waals surface area contributed by atoms with Gasteiger partial charge < -0.3 is 15.3 Å². The largest absolute Gasteiger partial charge is 0.391 e. The number of amides is 1. The van der Waals surface area contributed by atoms with E-state index in [2.05, 4.69) is 15.3 Å². The lowest BCUT2D eigenvalue weighted by Crippen LogP contribution is -2.43. The highest BCUT2D eigenvalue weighted by atomic mass is 35.5. The average Bonchev–Trinajstić information content (AvgIpc) is 3.11. The maximum Gasteiger partial charge on any atom is 0.232 e. The summed E-state index contributed by atoms with van der Waals surface area (Å²) in [6, 6.07) is 7.48. The summed E-state index contributed by atoms with van der Waals surface area (Å²) in [7, 11) is 0. The molecule has 0 bridgehead atoms. The van der Waals surface area contributed by atoms with Gasteiger partial charge in [0.05, 0.1) is 24.1 Å². The number of halogens is 1. The van der Waals surface area contributed by atoms with Crippen LogP contribution in [0.1, 0.15) is 12.8 Å². The summed E-state index contributed by atoms with van der Waals surface area (Å²) >= 11 is 7.44. The summed E-state index contributed by atoms with van der Waals surface area (Å²) in [5.41, 5.74) is 0. The molecule has 28 heavy (non-hydrogen) atoms. The smallest absolute Gasteiger partial charge is 0.232 e. The van der Waals surface area contributed by atoms with Gasteiger partial charge in [-0.05, 0) is 48.9 Å². The van der Waals surface area contributed by atoms with E-state index in [1.54, 1.807) is 18.6 Å². The van der Waals surface area contributed by atoms with E-state index in [4.69, 9.17) is 11.6 Å². The Morgan fingerprint density at radius 2 is 1.96 bits per heavy atom. The third kappa shape index (κ3) is 4.59. The number of carbonyl (C=O) groups excluding carboxylic acids is 1. The van der Waals surface area contributed by atoms with Crippen molar-refractivity contribution in [3.8, 4) is 0 Å². The molecule has 1 saturated heterocycles. The minimum Gasteiger partial charge on any atom is -0.391 e. The number of likely N-dealkylation sites (tertiary alicyclic amines) is 1. The van der Waals surface area contributed by atoms with Crippen molar-refractivity contribution in [3.05, 3.63) is 47.9 Å². The molecule has 2 aromatic rings. The Kier molecular flexibility index (Phi) is 6.04. The van der Waals surface area contributed by atoms with Gasteiger partial charge in [0.2, 0.25) is 5.91 Å². The number of hydrogen-bond donors (Lipinski definition) is 2. The fourth-order valence-corrected chi connectivity index (χ4v) is 5.05. The number of aromatic nitrogens is 2. The summed E-state index contributed by atoms with van der Waals surface area (Å²) in [6.07, 6.45) is 6.02. The Labute approximate surface area is 173 Å². The SMILES string of the molecule is O=C(CSc1ccc(Cl)cc1)N1C[C@H]2C[C@@H](Nc3cnccn3)[C@H](O)C[C@H]2C1. The third-order valence-corrected chi connectivity index (χ3v) is 6.82. The highest BCUT2D eigenvalue weighted by molar-refractivity contribution is 8.00. The van der Waals surface area contributed by atoms with Crippen molar-refractivity contribution in [2.45, 2.75) is 29.9 Å². The molecule has 0 radical (unpaired) electrons. The van der Waals surface area contributed by atoms with E-state index in [-0.39, 0.29) is 11.9 Å². The molecule has 0 unspecified atom stereocenters. The van der Waals surface area contributed by atoms with Gasteiger partial charge in [-0.1, -0.05) is 11.6 Å². The number of carbonyl (C=O) groups is 1. The lowest BCUT2D eigenvalue weighted by Gasteiger charge is -2.35. The Morgan fingerprint density at radius 1 is 1.21 bits per heavy atom. The fourth-order valence-electron chi connectivity index (χ4n) is 4.12. The number of benzene rings is 1. The lowest BCUT2D eigenvalue weighted by atomic mass is 9.77. The van der Waals surface area contributed by atoms with Crippen molar-refractivity contribution in [2.75, 3.05) is 24.2 Å². The highest BCUT2D eigenvalue weighted by Crippen LogP contribution is 2.37. The highest BCUT2D eigenvalue weighted by Gasteiger charge is 2.42. The maximum absolute atomic E-state index is 12.7. The monoisotopic (exact) mass is 418 g/mol. The van der Waals surface area contributed by atoms with E-state index in [1.165, 1.54) is 11.8 Å². The Bertz CT molecular complexity index is 808. The summed E-state index contributed by atoms with van der Waals surface area (Å²) in [5, 5.41) is 14.5. The third-order valence-electron chi connectivity index (χ3n) is 5.57. The van der Waals surface area contributed by atoms with Crippen LogP contribution >= 0.6 is 23.4 Å². The van der Waals surface area contributed by atoms with Gasteiger partial charge in [-0.25, -0.2) is 4.98 Å². The molecule has 8 heteroatoms. The van der Waals surface area contributed by atoms with Gasteiger partial charge in [-0.2, -0.15) is 0 Å². The van der Waals surface area contributed by atoms with E-state index in [9.17, 15) is 9.90 Å². The van der Waals surface area contributed by atoms with Crippen LogP contribution in [0.4, 0.5) is 5.82 Å². The quantitative estimate of drug-likeness (QED) is 0.727. The zero-order chi connectivity index (χ0) is 19.5. The van der Waals surface area contributed by atoms with Gasteiger partial charge in [0.1, 0.15) is 5.82 Å². The molecule has 2 heterocycles. The van der Waals surface area contributed by atoms with E-state index in [0.29, 0.717) is 34.8 Å². The van der Waals surface area contributed by atoms with Gasteiger partial charge >= 0.3 is 0 Å². The number of anilines is 1. The molecule has 2 fully saturated rings. The first-order valence-corrected chi connectivity index (χ1v) is 10.8. The zero-order valence-corrected chi connectivity index (χ0v) is 16.9. The minimum atomic E-state index is -0.443. The van der Waals surface area contributed by atoms with Gasteiger partial charge in [-0.3, -0.25) is 9.78 Å².